The molecular formula is C23H29ClFN3O3S. The van der Waals surface area contributed by atoms with Gasteiger partial charge in [-0.05, 0) is 68.9 Å². The average Bonchev–Trinajstić information content (AvgIpc) is 2.76. The van der Waals surface area contributed by atoms with Gasteiger partial charge in [-0.15, -0.1) is 0 Å². The van der Waals surface area contributed by atoms with Crippen LogP contribution in [0.15, 0.2) is 53.4 Å². The van der Waals surface area contributed by atoms with Crippen molar-refractivity contribution in [2.45, 2.75) is 24.3 Å². The Morgan fingerprint density at radius 3 is 2.53 bits per heavy atom. The molecule has 0 radical (unpaired) electrons. The maximum atomic E-state index is 13.7. The average molecular weight is 482 g/mol. The summed E-state index contributed by atoms with van der Waals surface area (Å²) in [5.74, 6) is -0.894. The lowest BCUT2D eigenvalue weighted by Crippen LogP contribution is -2.47. The zero-order valence-corrected chi connectivity index (χ0v) is 19.9. The minimum atomic E-state index is -3.72. The monoisotopic (exact) mass is 481 g/mol. The third-order valence-corrected chi connectivity index (χ3v) is 7.71. The van der Waals surface area contributed by atoms with E-state index in [1.54, 1.807) is 29.2 Å². The Morgan fingerprint density at radius 1 is 1.16 bits per heavy atom. The Balaban J connectivity index is 1.77. The molecule has 174 valence electrons. The number of carbonyl (C=O) groups excluding carboxylic acids is 1. The van der Waals surface area contributed by atoms with Gasteiger partial charge in [-0.25, -0.2) is 12.8 Å². The van der Waals surface area contributed by atoms with Crippen molar-refractivity contribution in [1.82, 2.24) is 14.1 Å². The van der Waals surface area contributed by atoms with Gasteiger partial charge in [0, 0.05) is 37.7 Å². The highest BCUT2D eigenvalue weighted by Gasteiger charge is 2.35. The number of hydrogen-bond donors (Lipinski definition) is 0. The Morgan fingerprint density at radius 2 is 1.88 bits per heavy atom. The largest absolute Gasteiger partial charge is 0.337 e. The van der Waals surface area contributed by atoms with Gasteiger partial charge in [0.25, 0.3) is 0 Å². The molecule has 2 aromatic rings. The van der Waals surface area contributed by atoms with Gasteiger partial charge in [0.2, 0.25) is 15.9 Å². The highest BCUT2D eigenvalue weighted by molar-refractivity contribution is 7.89. The van der Waals surface area contributed by atoms with Crippen LogP contribution in [0.1, 0.15) is 18.4 Å². The van der Waals surface area contributed by atoms with Crippen LogP contribution in [0, 0.1) is 11.7 Å². The lowest BCUT2D eigenvalue weighted by molar-refractivity contribution is -0.137. The first-order valence-electron chi connectivity index (χ1n) is 10.6. The molecule has 0 bridgehead atoms. The molecule has 1 fully saturated rings. The molecule has 0 aromatic heterocycles. The molecular weight excluding hydrogens is 453 g/mol. The van der Waals surface area contributed by atoms with Gasteiger partial charge in [-0.2, -0.15) is 4.31 Å². The number of hydrogen-bond acceptors (Lipinski definition) is 4. The highest BCUT2D eigenvalue weighted by atomic mass is 35.5. The molecule has 2 aromatic carbocycles. The Bertz CT molecular complexity index is 1030. The van der Waals surface area contributed by atoms with Crippen LogP contribution in [0.25, 0.3) is 0 Å². The summed E-state index contributed by atoms with van der Waals surface area (Å²) in [5, 5.41) is 0.463. The zero-order valence-electron chi connectivity index (χ0n) is 18.4. The standard InChI is InChI=1S/C23H29ClFN3O3S/c1-26(2)13-14-27(16-18-5-3-7-21(25)15-18)23(29)19-6-4-12-28(17-19)32(30,31)22-10-8-20(24)9-11-22/h3,5,7-11,15,19H,4,6,12-14,16-17H2,1-2H3. The van der Waals surface area contributed by atoms with E-state index in [1.165, 1.54) is 28.6 Å². The first kappa shape index (κ1) is 24.6. The van der Waals surface area contributed by atoms with Crippen LogP contribution in [0.3, 0.4) is 0 Å². The normalized spacial score (nSPS) is 17.5. The third kappa shape index (κ3) is 6.28. The van der Waals surface area contributed by atoms with Crippen LogP contribution in [-0.4, -0.2) is 68.7 Å². The molecule has 1 amide bonds. The predicted molar refractivity (Wildman–Crippen MR) is 123 cm³/mol. The number of rotatable bonds is 8. The quantitative estimate of drug-likeness (QED) is 0.579. The summed E-state index contributed by atoms with van der Waals surface area (Å²) in [6.45, 7) is 1.91. The van der Waals surface area contributed by atoms with Gasteiger partial charge in [0.15, 0.2) is 0 Å². The van der Waals surface area contributed by atoms with Gasteiger partial charge in [-0.1, -0.05) is 23.7 Å². The third-order valence-electron chi connectivity index (χ3n) is 5.58. The minimum absolute atomic E-state index is 0.105. The van der Waals surface area contributed by atoms with Crippen LogP contribution in [0.5, 0.6) is 0 Å². The number of sulfonamides is 1. The summed E-state index contributed by atoms with van der Waals surface area (Å²) < 4.78 is 41.2. The summed E-state index contributed by atoms with van der Waals surface area (Å²) in [7, 11) is 0.130. The smallest absolute Gasteiger partial charge is 0.243 e. The van der Waals surface area contributed by atoms with E-state index in [0.717, 1.165) is 0 Å². The van der Waals surface area contributed by atoms with Crippen LogP contribution in [-0.2, 0) is 21.4 Å². The van der Waals surface area contributed by atoms with Gasteiger partial charge in [0.1, 0.15) is 5.82 Å². The Hall–Kier alpha value is -2.00. The van der Waals surface area contributed by atoms with E-state index in [1.807, 2.05) is 19.0 Å². The Kier molecular flexibility index (Phi) is 8.27. The lowest BCUT2D eigenvalue weighted by Gasteiger charge is -2.35. The van der Waals surface area contributed by atoms with Gasteiger partial charge in [0.05, 0.1) is 10.8 Å². The van der Waals surface area contributed by atoms with E-state index < -0.39 is 15.9 Å². The van der Waals surface area contributed by atoms with E-state index >= 15 is 0 Å². The molecule has 6 nitrogen and oxygen atoms in total. The highest BCUT2D eigenvalue weighted by Crippen LogP contribution is 2.26. The molecule has 1 aliphatic heterocycles. The maximum absolute atomic E-state index is 13.7. The van der Waals surface area contributed by atoms with Crippen LogP contribution < -0.4 is 0 Å². The summed E-state index contributed by atoms with van der Waals surface area (Å²) in [6, 6.07) is 12.3. The van der Waals surface area contributed by atoms with Crippen molar-refractivity contribution in [2.75, 3.05) is 40.3 Å². The second kappa shape index (κ2) is 10.7. The van der Waals surface area contributed by atoms with Crippen molar-refractivity contribution >= 4 is 27.5 Å². The molecule has 0 N–H and O–H groups in total. The van der Waals surface area contributed by atoms with Crippen LogP contribution in [0.4, 0.5) is 4.39 Å². The maximum Gasteiger partial charge on any atom is 0.243 e. The van der Waals surface area contributed by atoms with Crippen LogP contribution >= 0.6 is 11.6 Å². The Labute approximate surface area is 194 Å². The summed E-state index contributed by atoms with van der Waals surface area (Å²) >= 11 is 5.89. The van der Waals surface area contributed by atoms with Gasteiger partial charge >= 0.3 is 0 Å². The van der Waals surface area contributed by atoms with Crippen molar-refractivity contribution in [3.63, 3.8) is 0 Å². The van der Waals surface area contributed by atoms with E-state index in [0.29, 0.717) is 43.1 Å². The van der Waals surface area contributed by atoms with E-state index in [-0.39, 0.29) is 29.7 Å². The molecule has 1 saturated heterocycles. The number of likely N-dealkylation sites (N-methyl/N-ethyl adjacent to an activating group) is 1. The number of piperidine rings is 1. The van der Waals surface area contributed by atoms with E-state index in [9.17, 15) is 17.6 Å². The lowest BCUT2D eigenvalue weighted by atomic mass is 9.97. The van der Waals surface area contributed by atoms with Crippen molar-refractivity contribution in [1.29, 1.82) is 0 Å². The van der Waals surface area contributed by atoms with Crippen molar-refractivity contribution < 1.29 is 17.6 Å². The molecule has 0 aliphatic carbocycles. The molecule has 32 heavy (non-hydrogen) atoms. The van der Waals surface area contributed by atoms with E-state index in [4.69, 9.17) is 11.6 Å². The fourth-order valence-corrected chi connectivity index (χ4v) is 5.47. The van der Waals surface area contributed by atoms with Crippen molar-refractivity contribution in [2.24, 2.45) is 5.92 Å². The minimum Gasteiger partial charge on any atom is -0.337 e. The van der Waals surface area contributed by atoms with Crippen LogP contribution in [0.2, 0.25) is 5.02 Å². The number of halogens is 2. The van der Waals surface area contributed by atoms with Gasteiger partial charge < -0.3 is 9.80 Å². The molecule has 1 atom stereocenters. The van der Waals surface area contributed by atoms with E-state index in [2.05, 4.69) is 0 Å². The van der Waals surface area contributed by atoms with Gasteiger partial charge in [-0.3, -0.25) is 4.79 Å². The number of benzene rings is 2. The molecule has 0 saturated carbocycles. The fourth-order valence-electron chi connectivity index (χ4n) is 3.82. The molecule has 9 heteroatoms. The molecule has 0 spiro atoms. The molecule has 1 heterocycles. The summed E-state index contributed by atoms with van der Waals surface area (Å²) in [4.78, 5) is 17.3. The molecule has 1 aliphatic rings. The van der Waals surface area contributed by atoms with Crippen molar-refractivity contribution in [3.8, 4) is 0 Å². The molecule has 1 unspecified atom stereocenters. The zero-order chi connectivity index (χ0) is 23.3. The van der Waals surface area contributed by atoms with Crippen molar-refractivity contribution in [3.05, 3.63) is 64.9 Å². The number of carbonyl (C=O) groups is 1. The number of amides is 1. The number of nitrogens with zero attached hydrogens (tertiary/aromatic N) is 3. The SMILES string of the molecule is CN(C)CCN(Cc1cccc(F)c1)C(=O)C1CCCN(S(=O)(=O)c2ccc(Cl)cc2)C1. The first-order valence-corrected chi connectivity index (χ1v) is 12.4. The summed E-state index contributed by atoms with van der Waals surface area (Å²) in [5.41, 5.74) is 0.707. The predicted octanol–water partition coefficient (Wildman–Crippen LogP) is 3.47. The topological polar surface area (TPSA) is 60.9 Å². The molecule has 3 rings (SSSR count). The second-order valence-corrected chi connectivity index (χ2v) is 10.7. The fraction of sp³-hybridized carbons (Fsp3) is 0.435. The second-order valence-electron chi connectivity index (χ2n) is 8.35. The summed E-state index contributed by atoms with van der Waals surface area (Å²) in [6.07, 6.45) is 1.22. The first-order chi connectivity index (χ1) is 15.2.